The highest BCUT2D eigenvalue weighted by molar-refractivity contribution is 7.52. The summed E-state index contributed by atoms with van der Waals surface area (Å²) < 4.78 is 44.0. The lowest BCUT2D eigenvalue weighted by molar-refractivity contribution is -0.170. The minimum absolute atomic E-state index is 0.127. The van der Waals surface area contributed by atoms with Gasteiger partial charge in [-0.25, -0.2) is 14.1 Å². The Bertz CT molecular complexity index is 1620. The van der Waals surface area contributed by atoms with Crippen LogP contribution in [-0.2, 0) is 32.9 Å². The van der Waals surface area contributed by atoms with Gasteiger partial charge >= 0.3 is 19.7 Å². The number of anilines is 1. The van der Waals surface area contributed by atoms with Crippen LogP contribution in [0.1, 0.15) is 53.3 Å². The monoisotopic (exact) mass is 644 g/mol. The van der Waals surface area contributed by atoms with E-state index in [9.17, 15) is 24.5 Å². The fraction of sp³-hybridized carbons (Fsp3) is 0.483. The van der Waals surface area contributed by atoms with Crippen LogP contribution < -0.4 is 15.3 Å². The molecule has 0 aliphatic carbocycles. The molecule has 1 fully saturated rings. The third-order valence-corrected chi connectivity index (χ3v) is 8.35. The quantitative estimate of drug-likeness (QED) is 0.202. The minimum Gasteiger partial charge on any atom is -0.462 e. The molecule has 0 saturated carbocycles. The number of aromatic nitrogens is 3. The molecule has 4 N–H and O–H groups in total. The summed E-state index contributed by atoms with van der Waals surface area (Å²) in [5.41, 5.74) is 3.41. The summed E-state index contributed by atoms with van der Waals surface area (Å²) in [7, 11) is -4.49. The fourth-order valence-electron chi connectivity index (χ4n) is 4.43. The Morgan fingerprint density at radius 2 is 1.91 bits per heavy atom. The molecule has 1 aromatic carbocycles. The Morgan fingerprint density at radius 1 is 1.22 bits per heavy atom. The van der Waals surface area contributed by atoms with Crippen molar-refractivity contribution >= 4 is 31.0 Å². The summed E-state index contributed by atoms with van der Waals surface area (Å²) in [6.45, 7) is 8.69. The van der Waals surface area contributed by atoms with Gasteiger partial charge < -0.3 is 29.6 Å². The summed E-state index contributed by atoms with van der Waals surface area (Å²) in [4.78, 5) is 29.6. The number of rotatable bonds is 11. The molecule has 0 amide bonds. The molecule has 16 heteroatoms. The number of nitrogens with zero attached hydrogens (tertiary/aromatic N) is 4. The molecule has 1 saturated heterocycles. The van der Waals surface area contributed by atoms with Crippen molar-refractivity contribution in [1.82, 2.24) is 19.7 Å². The molecule has 242 valence electrons. The molecule has 45 heavy (non-hydrogen) atoms. The molecule has 1 aliphatic rings. The molecule has 0 spiro atoms. The topological polar surface area (TPSA) is 210 Å². The van der Waals surface area contributed by atoms with Gasteiger partial charge in [-0.3, -0.25) is 14.1 Å². The Kier molecular flexibility index (Phi) is 9.86. The number of benzene rings is 1. The Hall–Kier alpha value is -4.06. The average Bonchev–Trinajstić information content (AvgIpc) is 3.52. The van der Waals surface area contributed by atoms with Crippen LogP contribution in [0.15, 0.2) is 48.8 Å². The molecule has 1 aliphatic heterocycles. The van der Waals surface area contributed by atoms with Crippen molar-refractivity contribution in [3.8, 4) is 11.8 Å². The van der Waals surface area contributed by atoms with E-state index in [1.54, 1.807) is 65.0 Å². The number of aliphatic hydroxyl groups is 1. The van der Waals surface area contributed by atoms with Gasteiger partial charge in [0.25, 0.3) is 0 Å². The third kappa shape index (κ3) is 7.43. The van der Waals surface area contributed by atoms with Crippen LogP contribution in [0.2, 0.25) is 0 Å². The number of nitriles is 1. The zero-order valence-corrected chi connectivity index (χ0v) is 26.6. The number of carbonyl (C=O) groups is 2. The predicted molar refractivity (Wildman–Crippen MR) is 159 cm³/mol. The first-order valence-electron chi connectivity index (χ1n) is 14.1. The smallest absolute Gasteiger partial charge is 0.459 e. The molecule has 4 rings (SSSR count). The summed E-state index contributed by atoms with van der Waals surface area (Å²) in [6, 6.07) is 12.0. The van der Waals surface area contributed by atoms with Gasteiger partial charge in [0.2, 0.25) is 5.60 Å². The van der Waals surface area contributed by atoms with E-state index in [-0.39, 0.29) is 17.3 Å². The van der Waals surface area contributed by atoms with E-state index in [2.05, 4.69) is 15.2 Å². The summed E-state index contributed by atoms with van der Waals surface area (Å²) >= 11 is 0. The van der Waals surface area contributed by atoms with Gasteiger partial charge in [0.15, 0.2) is 11.9 Å². The first-order chi connectivity index (χ1) is 21.1. The van der Waals surface area contributed by atoms with Crippen molar-refractivity contribution in [3.63, 3.8) is 0 Å². The summed E-state index contributed by atoms with van der Waals surface area (Å²) in [5, 5.41) is 28.8. The Morgan fingerprint density at radius 3 is 2.53 bits per heavy atom. The van der Waals surface area contributed by atoms with Crippen LogP contribution in [0.3, 0.4) is 0 Å². The van der Waals surface area contributed by atoms with Crippen LogP contribution in [-0.4, -0.2) is 68.2 Å². The second-order valence-corrected chi connectivity index (χ2v) is 13.5. The second-order valence-electron chi connectivity index (χ2n) is 11.8. The second kappa shape index (κ2) is 13.1. The number of hydrogen-bond acceptors (Lipinski definition) is 13. The fourth-order valence-corrected chi connectivity index (χ4v) is 5.95. The highest BCUT2D eigenvalue weighted by Gasteiger charge is 2.60. The number of para-hydroxylation sites is 1. The van der Waals surface area contributed by atoms with Crippen molar-refractivity contribution in [2.45, 2.75) is 77.6 Å². The van der Waals surface area contributed by atoms with Gasteiger partial charge in [0, 0.05) is 0 Å². The number of nitrogens with two attached hydrogens (primary N) is 1. The lowest BCUT2D eigenvalue weighted by Crippen LogP contribution is -2.50. The number of hydrogen-bond donors (Lipinski definition) is 3. The molecule has 3 heterocycles. The normalized spacial score (nSPS) is 23.7. The minimum atomic E-state index is -4.49. The van der Waals surface area contributed by atoms with E-state index in [0.717, 1.165) is 0 Å². The summed E-state index contributed by atoms with van der Waals surface area (Å²) in [5.74, 6) is -1.19. The molecule has 0 unspecified atom stereocenters. The maximum Gasteiger partial charge on any atom is 0.459 e. The zero-order chi connectivity index (χ0) is 33.2. The Labute approximate surface area is 260 Å². The summed E-state index contributed by atoms with van der Waals surface area (Å²) in [6.07, 6.45) is -3.77. The highest BCUT2D eigenvalue weighted by Crippen LogP contribution is 2.49. The molecule has 0 radical (unpaired) electrons. The molecule has 0 bridgehead atoms. The lowest BCUT2D eigenvalue weighted by atomic mass is 9.93. The number of aliphatic hydroxyl groups excluding tert-OH is 1. The van der Waals surface area contributed by atoms with E-state index in [0.29, 0.717) is 5.52 Å². The number of esters is 2. The van der Waals surface area contributed by atoms with Gasteiger partial charge in [0.1, 0.15) is 48.5 Å². The van der Waals surface area contributed by atoms with E-state index < -0.39 is 67.8 Å². The van der Waals surface area contributed by atoms with Gasteiger partial charge in [-0.05, 0) is 65.8 Å². The van der Waals surface area contributed by atoms with Gasteiger partial charge in [-0.15, -0.1) is 0 Å². The third-order valence-electron chi connectivity index (χ3n) is 6.73. The highest BCUT2D eigenvalue weighted by atomic mass is 31.2. The van der Waals surface area contributed by atoms with Crippen molar-refractivity contribution in [1.29, 1.82) is 5.26 Å². The van der Waals surface area contributed by atoms with Crippen LogP contribution in [0.5, 0.6) is 5.75 Å². The Balaban J connectivity index is 1.71. The molecule has 15 nitrogen and oxygen atoms in total. The number of carbonyl (C=O) groups excluding carboxylic acids is 2. The van der Waals surface area contributed by atoms with E-state index in [1.165, 1.54) is 29.9 Å². The molecule has 3 aromatic rings. The van der Waals surface area contributed by atoms with Crippen LogP contribution in [0.25, 0.3) is 5.52 Å². The van der Waals surface area contributed by atoms with Crippen LogP contribution in [0, 0.1) is 16.7 Å². The van der Waals surface area contributed by atoms with Gasteiger partial charge in [-0.2, -0.15) is 15.4 Å². The first kappa shape index (κ1) is 33.8. The van der Waals surface area contributed by atoms with E-state index in [1.807, 2.05) is 6.07 Å². The average molecular weight is 645 g/mol. The van der Waals surface area contributed by atoms with Crippen LogP contribution in [0.4, 0.5) is 5.82 Å². The zero-order valence-electron chi connectivity index (χ0n) is 25.7. The maximum atomic E-state index is 14.2. The van der Waals surface area contributed by atoms with E-state index >= 15 is 0 Å². The molecule has 6 atom stereocenters. The number of fused-ring (bicyclic) bond motifs is 1. The number of ether oxygens (including phenoxy) is 3. The maximum absolute atomic E-state index is 14.2. The van der Waals surface area contributed by atoms with Crippen molar-refractivity contribution in [3.05, 3.63) is 54.5 Å². The number of nitrogen functional groups attached to an aromatic ring is 1. The van der Waals surface area contributed by atoms with E-state index in [4.69, 9.17) is 29.0 Å². The van der Waals surface area contributed by atoms with Crippen molar-refractivity contribution in [2.75, 3.05) is 12.3 Å². The van der Waals surface area contributed by atoms with Gasteiger partial charge in [0.05, 0.1) is 17.2 Å². The SMILES string of the molecule is CC(C)OC(=O)[C@H](C)N[P@](=O)(OC[C@@]1(C#N)O[C@@H](c2ccc3c(N)ncnn23)[C@H](O)[C@@H]1OC(=O)C(C)(C)C)Oc1ccccc1. The first-order valence-corrected chi connectivity index (χ1v) is 15.7. The number of nitrogens with one attached hydrogen (secondary N) is 1. The van der Waals surface area contributed by atoms with Gasteiger partial charge in [-0.1, -0.05) is 18.2 Å². The molecule has 2 aromatic heterocycles. The largest absolute Gasteiger partial charge is 0.462 e. The lowest BCUT2D eigenvalue weighted by Gasteiger charge is -2.31. The molecular formula is C29H37N6O9P. The predicted octanol–water partition coefficient (Wildman–Crippen LogP) is 3.10. The molecular weight excluding hydrogens is 607 g/mol. The van der Waals surface area contributed by atoms with Crippen molar-refractivity contribution < 1.29 is 42.5 Å². The standard InChI is InChI=1S/C29H37N6O9P/c1-17(2)41-26(37)18(3)34-45(39,44-19-10-8-7-9-11-19)40-15-29(14-30)24(42-27(38)28(4,5)6)22(36)23(43-29)20-12-13-21-25(31)32-16-33-35(20)21/h7-13,16-18,22-24,36H,15H2,1-6H3,(H,34,39)(H2,31,32,33)/t18-,22-,23-,24-,29+,45-/m0/s1. The van der Waals surface area contributed by atoms with Crippen LogP contribution >= 0.6 is 7.75 Å². The van der Waals surface area contributed by atoms with Crippen molar-refractivity contribution in [2.24, 2.45) is 5.41 Å².